The number of anilines is 1. The lowest BCUT2D eigenvalue weighted by Gasteiger charge is -2.42. The number of esters is 1. The van der Waals surface area contributed by atoms with Crippen LogP contribution in [0.1, 0.15) is 65.9 Å². The van der Waals surface area contributed by atoms with Crippen molar-refractivity contribution in [2.75, 3.05) is 33.2 Å². The van der Waals surface area contributed by atoms with Crippen molar-refractivity contribution in [3.05, 3.63) is 46.5 Å². The van der Waals surface area contributed by atoms with Gasteiger partial charge in [-0.3, -0.25) is 14.9 Å². The summed E-state index contributed by atoms with van der Waals surface area (Å²) in [5.41, 5.74) is 0.256. The van der Waals surface area contributed by atoms with Crippen molar-refractivity contribution in [2.24, 2.45) is 0 Å². The molecule has 0 saturated carbocycles. The topological polar surface area (TPSA) is 153 Å². The third-order valence-corrected chi connectivity index (χ3v) is 9.85. The maximum atomic E-state index is 13.9. The number of hydrogen-bond acceptors (Lipinski definition) is 11. The Labute approximate surface area is 311 Å². The molecule has 15 heteroatoms. The SMILES string of the molecule is COc1cc2cc(c1Cl)N(C)C(=O)CC(OC(=O)C(C)N(C)C(=O)CC[C@@H](C)S)C(C)O[C@H](C)C1CC(O)(NC(=O)O1)C(OC)/C=C/C=C(\C)C2. The molecule has 2 N–H and O–H groups in total. The molecule has 2 aliphatic rings. The molecule has 1 saturated heterocycles. The third kappa shape index (κ3) is 11.1. The highest BCUT2D eigenvalue weighted by atomic mass is 35.5. The molecule has 3 amide bonds. The van der Waals surface area contributed by atoms with Gasteiger partial charge in [0.25, 0.3) is 0 Å². The van der Waals surface area contributed by atoms with Crippen LogP contribution >= 0.6 is 24.2 Å². The smallest absolute Gasteiger partial charge is 0.409 e. The van der Waals surface area contributed by atoms with Crippen molar-refractivity contribution in [3.63, 3.8) is 0 Å². The van der Waals surface area contributed by atoms with Crippen molar-refractivity contribution in [1.29, 1.82) is 0 Å². The Morgan fingerprint density at radius 3 is 2.53 bits per heavy atom. The van der Waals surface area contributed by atoms with Gasteiger partial charge in [-0.05, 0) is 63.5 Å². The minimum atomic E-state index is -1.85. The molecule has 284 valence electrons. The number of thiol groups is 1. The first kappa shape index (κ1) is 42.1. The molecule has 8 atom stereocenters. The zero-order valence-corrected chi connectivity index (χ0v) is 32.5. The standard InChI is InChI=1S/C36H52ClN3O10S/c1-20-11-10-12-30(47-9)36(45)19-29(50-35(44)38-36)24(5)48-23(4)27(49-34(43)22(3)39(6)31(41)14-13-21(2)51)18-32(42)40(7)26-16-25(15-20)17-28(46-8)33(26)37/h10-12,16-17,21-24,27,29-30,45,51H,13-15,18-19H2,1-9H3,(H,38,44)/b12-10+,20-11+/t21-,22?,23?,24-,27?,29?,30?,36?/m1/s1. The number of methoxy groups -OCH3 is 2. The van der Waals surface area contributed by atoms with E-state index < -0.39 is 60.3 Å². The van der Waals surface area contributed by atoms with Gasteiger partial charge in [-0.15, -0.1) is 0 Å². The summed E-state index contributed by atoms with van der Waals surface area (Å²) in [6.45, 7) is 8.60. The van der Waals surface area contributed by atoms with E-state index in [1.807, 2.05) is 19.9 Å². The Morgan fingerprint density at radius 2 is 1.90 bits per heavy atom. The Hall–Kier alpha value is -3.30. The molecule has 2 heterocycles. The third-order valence-electron chi connectivity index (χ3n) is 9.21. The number of likely N-dealkylation sites (N-methyl/N-ethyl adjacent to an activating group) is 1. The molecule has 1 aromatic carbocycles. The number of benzene rings is 1. The summed E-state index contributed by atoms with van der Waals surface area (Å²) in [7, 11) is 5.97. The van der Waals surface area contributed by atoms with Gasteiger partial charge in [-0.1, -0.05) is 42.3 Å². The van der Waals surface area contributed by atoms with E-state index in [1.54, 1.807) is 52.1 Å². The van der Waals surface area contributed by atoms with Crippen LogP contribution in [0.4, 0.5) is 10.5 Å². The summed E-state index contributed by atoms with van der Waals surface area (Å²) in [5, 5.41) is 14.3. The fraction of sp³-hybridized carbons (Fsp3) is 0.611. The van der Waals surface area contributed by atoms with Crippen LogP contribution in [0.25, 0.3) is 0 Å². The molecule has 51 heavy (non-hydrogen) atoms. The van der Waals surface area contributed by atoms with E-state index in [0.717, 1.165) is 11.1 Å². The molecule has 0 aromatic heterocycles. The van der Waals surface area contributed by atoms with E-state index >= 15 is 0 Å². The summed E-state index contributed by atoms with van der Waals surface area (Å²) in [4.78, 5) is 55.6. The molecule has 1 fully saturated rings. The number of allylic oxidation sites excluding steroid dienone is 3. The lowest BCUT2D eigenvalue weighted by molar-refractivity contribution is -0.181. The summed E-state index contributed by atoms with van der Waals surface area (Å²) in [6.07, 6.45) is 0.262. The fourth-order valence-electron chi connectivity index (χ4n) is 5.85. The van der Waals surface area contributed by atoms with Gasteiger partial charge < -0.3 is 38.6 Å². The average molecular weight is 754 g/mol. The maximum absolute atomic E-state index is 13.9. The second kappa shape index (κ2) is 18.5. The molecule has 13 nitrogen and oxygen atoms in total. The number of hydrogen-bond donors (Lipinski definition) is 3. The van der Waals surface area contributed by atoms with Crippen LogP contribution in [0, 0.1) is 0 Å². The van der Waals surface area contributed by atoms with Crippen LogP contribution in [-0.4, -0.2) is 110 Å². The molecule has 3 rings (SSSR count). The van der Waals surface area contributed by atoms with Gasteiger partial charge in [0.15, 0.2) is 5.72 Å². The van der Waals surface area contributed by atoms with Gasteiger partial charge in [0.1, 0.15) is 35.1 Å². The van der Waals surface area contributed by atoms with E-state index in [-0.39, 0.29) is 35.4 Å². The summed E-state index contributed by atoms with van der Waals surface area (Å²) in [6, 6.07) is 2.59. The second-order valence-corrected chi connectivity index (χ2v) is 14.6. The Bertz CT molecular complexity index is 1490. The summed E-state index contributed by atoms with van der Waals surface area (Å²) < 4.78 is 28.8. The molecular weight excluding hydrogens is 702 g/mol. The van der Waals surface area contributed by atoms with Gasteiger partial charge in [0.05, 0.1) is 31.4 Å². The highest BCUT2D eigenvalue weighted by molar-refractivity contribution is 7.80. The minimum Gasteiger partial charge on any atom is -0.495 e. The van der Waals surface area contributed by atoms with Crippen LogP contribution in [0.2, 0.25) is 5.02 Å². The lowest BCUT2D eigenvalue weighted by atomic mass is 9.94. The maximum Gasteiger partial charge on any atom is 0.409 e. The van der Waals surface area contributed by atoms with Crippen molar-refractivity contribution in [3.8, 4) is 5.75 Å². The van der Waals surface area contributed by atoms with Gasteiger partial charge in [-0.2, -0.15) is 12.6 Å². The molecular formula is C36H52ClN3O10S. The number of nitrogens with one attached hydrogen (secondary N) is 1. The molecule has 0 aliphatic carbocycles. The first-order valence-electron chi connectivity index (χ1n) is 16.9. The van der Waals surface area contributed by atoms with Gasteiger partial charge in [0, 0.05) is 34.0 Å². The van der Waals surface area contributed by atoms with Crippen LogP contribution in [0.3, 0.4) is 0 Å². The van der Waals surface area contributed by atoms with Crippen molar-refractivity contribution >= 4 is 53.8 Å². The second-order valence-electron chi connectivity index (χ2n) is 13.3. The Balaban J connectivity index is 2.05. The number of carbonyl (C=O) groups excluding carboxylic acids is 4. The number of rotatable bonds is 8. The number of aliphatic hydroxyl groups is 1. The summed E-state index contributed by atoms with van der Waals surface area (Å²) in [5.74, 6) is -1.08. The van der Waals surface area contributed by atoms with Gasteiger partial charge in [0.2, 0.25) is 11.8 Å². The number of halogens is 1. The molecule has 0 spiro atoms. The van der Waals surface area contributed by atoms with Crippen molar-refractivity contribution in [2.45, 2.75) is 114 Å². The zero-order valence-electron chi connectivity index (χ0n) is 30.8. The average Bonchev–Trinajstić information content (AvgIpc) is 3.07. The summed E-state index contributed by atoms with van der Waals surface area (Å²) >= 11 is 11.0. The quantitative estimate of drug-likeness (QED) is 0.254. The molecule has 2 aliphatic heterocycles. The first-order chi connectivity index (χ1) is 23.9. The molecule has 0 radical (unpaired) electrons. The number of alkyl carbamates (subject to hydrolysis) is 1. The van der Waals surface area contributed by atoms with Crippen LogP contribution in [-0.2, 0) is 39.8 Å². The highest BCUT2D eigenvalue weighted by Gasteiger charge is 2.47. The van der Waals surface area contributed by atoms with E-state index in [4.69, 9.17) is 35.3 Å². The normalized spacial score (nSPS) is 29.1. The number of fused-ring (bicyclic) bond motifs is 4. The van der Waals surface area contributed by atoms with E-state index in [0.29, 0.717) is 24.3 Å². The van der Waals surface area contributed by atoms with Gasteiger partial charge in [-0.25, -0.2) is 9.59 Å². The monoisotopic (exact) mass is 753 g/mol. The van der Waals surface area contributed by atoms with Crippen molar-refractivity contribution < 1.29 is 48.0 Å². The number of amides is 3. The minimum absolute atomic E-state index is 0.00553. The highest BCUT2D eigenvalue weighted by Crippen LogP contribution is 2.37. The number of nitrogens with zero attached hydrogens (tertiary/aromatic N) is 2. The van der Waals surface area contributed by atoms with Crippen LogP contribution in [0.15, 0.2) is 35.9 Å². The van der Waals surface area contributed by atoms with E-state index in [2.05, 4.69) is 17.9 Å². The molecule has 6 unspecified atom stereocenters. The predicted octanol–water partition coefficient (Wildman–Crippen LogP) is 4.61. The zero-order chi connectivity index (χ0) is 38.2. The Morgan fingerprint density at radius 1 is 1.22 bits per heavy atom. The predicted molar refractivity (Wildman–Crippen MR) is 196 cm³/mol. The first-order valence-corrected chi connectivity index (χ1v) is 17.8. The fourth-order valence-corrected chi connectivity index (χ4v) is 6.29. The van der Waals surface area contributed by atoms with Crippen molar-refractivity contribution in [1.82, 2.24) is 10.2 Å². The Kier molecular flexibility index (Phi) is 15.2. The molecule has 4 bridgehead atoms. The van der Waals surface area contributed by atoms with Gasteiger partial charge >= 0.3 is 12.1 Å². The van der Waals surface area contributed by atoms with E-state index in [9.17, 15) is 24.3 Å². The van der Waals surface area contributed by atoms with E-state index in [1.165, 1.54) is 31.1 Å². The number of ether oxygens (including phenoxy) is 5. The molecule has 1 aromatic rings. The van der Waals surface area contributed by atoms with Crippen LogP contribution < -0.4 is 15.0 Å². The van der Waals surface area contributed by atoms with Crippen LogP contribution in [0.5, 0.6) is 5.75 Å². The number of carbonyl (C=O) groups is 4. The lowest BCUT2D eigenvalue weighted by Crippen LogP contribution is -2.64. The largest absolute Gasteiger partial charge is 0.495 e.